The minimum atomic E-state index is -0.133. The number of para-hydroxylation sites is 1. The summed E-state index contributed by atoms with van der Waals surface area (Å²) in [4.78, 5) is 19.2. The van der Waals surface area contributed by atoms with E-state index in [1.807, 2.05) is 54.6 Å². The van der Waals surface area contributed by atoms with Gasteiger partial charge >= 0.3 is 0 Å². The molecule has 5 nitrogen and oxygen atoms in total. The predicted octanol–water partition coefficient (Wildman–Crippen LogP) is 4.66. The number of furan rings is 1. The molecule has 3 heterocycles. The van der Waals surface area contributed by atoms with Crippen LogP contribution in [0.15, 0.2) is 76.4 Å². The van der Waals surface area contributed by atoms with Crippen molar-refractivity contribution >= 4 is 40.3 Å². The number of thioether (sulfide) groups is 1. The summed E-state index contributed by atoms with van der Waals surface area (Å²) >= 11 is 6.66. The third kappa shape index (κ3) is 4.16. The van der Waals surface area contributed by atoms with Crippen molar-refractivity contribution in [1.82, 2.24) is 9.88 Å². The summed E-state index contributed by atoms with van der Waals surface area (Å²) in [6, 6.07) is 16.9. The maximum atomic E-state index is 12.8. The number of ether oxygens (including phenoxy) is 1. The topological polar surface area (TPSA) is 55.6 Å². The summed E-state index contributed by atoms with van der Waals surface area (Å²) in [5, 5.41) is 0. The molecule has 28 heavy (non-hydrogen) atoms. The Kier molecular flexibility index (Phi) is 5.55. The van der Waals surface area contributed by atoms with Crippen LogP contribution in [0.1, 0.15) is 17.0 Å². The Balaban J connectivity index is 1.52. The lowest BCUT2D eigenvalue weighted by atomic mass is 10.2. The summed E-state index contributed by atoms with van der Waals surface area (Å²) in [6.45, 7) is 0.679. The van der Waals surface area contributed by atoms with Crippen LogP contribution in [0.3, 0.4) is 0 Å². The van der Waals surface area contributed by atoms with Crippen molar-refractivity contribution in [3.8, 4) is 5.75 Å². The Hall–Kier alpha value is -2.90. The summed E-state index contributed by atoms with van der Waals surface area (Å²) in [5.41, 5.74) is 1.65. The zero-order chi connectivity index (χ0) is 19.3. The molecule has 1 aliphatic rings. The molecule has 0 spiro atoms. The molecule has 140 valence electrons. The summed E-state index contributed by atoms with van der Waals surface area (Å²) in [5.74, 6) is 1.24. The highest BCUT2D eigenvalue weighted by Crippen LogP contribution is 2.35. The van der Waals surface area contributed by atoms with Crippen molar-refractivity contribution < 1.29 is 13.9 Å². The molecule has 0 unspecified atom stereocenters. The Morgan fingerprint density at radius 1 is 1.14 bits per heavy atom. The second kappa shape index (κ2) is 8.41. The van der Waals surface area contributed by atoms with Gasteiger partial charge < -0.3 is 9.15 Å². The number of hydrogen-bond donors (Lipinski definition) is 0. The van der Waals surface area contributed by atoms with Gasteiger partial charge in [0.1, 0.15) is 22.4 Å². The lowest BCUT2D eigenvalue weighted by Crippen LogP contribution is -2.27. The van der Waals surface area contributed by atoms with E-state index >= 15 is 0 Å². The fraction of sp³-hybridized carbons (Fsp3) is 0.0952. The van der Waals surface area contributed by atoms with Crippen LogP contribution in [0, 0.1) is 0 Å². The monoisotopic (exact) mass is 408 g/mol. The van der Waals surface area contributed by atoms with Gasteiger partial charge in [-0.2, -0.15) is 0 Å². The number of carbonyl (C=O) groups excluding carboxylic acids is 1. The number of nitrogens with zero attached hydrogens (tertiary/aromatic N) is 2. The zero-order valence-corrected chi connectivity index (χ0v) is 16.4. The first-order chi connectivity index (χ1) is 13.7. The van der Waals surface area contributed by atoms with Crippen LogP contribution in [-0.2, 0) is 17.9 Å². The fourth-order valence-electron chi connectivity index (χ4n) is 2.70. The number of hydrogen-bond acceptors (Lipinski definition) is 6. The van der Waals surface area contributed by atoms with Crippen LogP contribution in [0.25, 0.3) is 6.08 Å². The first kappa shape index (κ1) is 18.5. The van der Waals surface area contributed by atoms with Crippen LogP contribution < -0.4 is 4.74 Å². The highest BCUT2D eigenvalue weighted by molar-refractivity contribution is 8.26. The van der Waals surface area contributed by atoms with Crippen molar-refractivity contribution in [1.29, 1.82) is 0 Å². The standard InChI is InChI=1S/C21H16N2O3S2/c24-20-19(28-21(27)23(20)13-17-8-5-11-25-17)12-15-6-1-2-9-18(15)26-14-16-7-3-4-10-22-16/h1-12H,13-14H2. The minimum Gasteiger partial charge on any atom is -0.487 e. The SMILES string of the molecule is O=C1C(=Cc2ccccc2OCc2ccccn2)SC(=S)N1Cc1ccco1. The van der Waals surface area contributed by atoms with Gasteiger partial charge in [-0.1, -0.05) is 48.2 Å². The van der Waals surface area contributed by atoms with Crippen LogP contribution in [-0.4, -0.2) is 20.1 Å². The van der Waals surface area contributed by atoms with Gasteiger partial charge in [0.25, 0.3) is 5.91 Å². The Labute approximate surface area is 172 Å². The summed E-state index contributed by atoms with van der Waals surface area (Å²) in [6.07, 6.45) is 5.13. The summed E-state index contributed by atoms with van der Waals surface area (Å²) < 4.78 is 11.8. The molecule has 0 bridgehead atoms. The molecule has 1 amide bonds. The van der Waals surface area contributed by atoms with E-state index in [4.69, 9.17) is 21.4 Å². The highest BCUT2D eigenvalue weighted by atomic mass is 32.2. The van der Waals surface area contributed by atoms with Crippen LogP contribution in [0.5, 0.6) is 5.75 Å². The van der Waals surface area contributed by atoms with E-state index < -0.39 is 0 Å². The van der Waals surface area contributed by atoms with Crippen molar-refractivity contribution in [2.75, 3.05) is 0 Å². The van der Waals surface area contributed by atoms with Crippen molar-refractivity contribution in [2.24, 2.45) is 0 Å². The Bertz CT molecular complexity index is 1020. The number of benzene rings is 1. The first-order valence-corrected chi connectivity index (χ1v) is 9.82. The van der Waals surface area contributed by atoms with Crippen molar-refractivity contribution in [3.05, 3.63) is 89.0 Å². The van der Waals surface area contributed by atoms with Gasteiger partial charge in [0.05, 0.1) is 23.4 Å². The van der Waals surface area contributed by atoms with Crippen LogP contribution in [0.2, 0.25) is 0 Å². The molecule has 1 fully saturated rings. The van der Waals surface area contributed by atoms with E-state index in [2.05, 4.69) is 4.98 Å². The van der Waals surface area contributed by atoms with E-state index in [1.54, 1.807) is 23.4 Å². The molecule has 4 rings (SSSR count). The molecule has 1 saturated heterocycles. The van der Waals surface area contributed by atoms with Gasteiger partial charge in [0.15, 0.2) is 0 Å². The third-order valence-corrected chi connectivity index (χ3v) is 5.45. The Morgan fingerprint density at radius 2 is 2.00 bits per heavy atom. The maximum Gasteiger partial charge on any atom is 0.266 e. The molecular formula is C21H16N2O3S2. The van der Waals surface area contributed by atoms with E-state index in [1.165, 1.54) is 11.8 Å². The smallest absolute Gasteiger partial charge is 0.266 e. The average Bonchev–Trinajstić information content (AvgIpc) is 3.32. The third-order valence-electron chi connectivity index (χ3n) is 4.07. The normalized spacial score (nSPS) is 15.4. The lowest BCUT2D eigenvalue weighted by molar-refractivity contribution is -0.122. The van der Waals surface area contributed by atoms with E-state index in [0.29, 0.717) is 33.9 Å². The molecule has 0 saturated carbocycles. The van der Waals surface area contributed by atoms with Gasteiger partial charge in [-0.05, 0) is 36.4 Å². The predicted molar refractivity (Wildman–Crippen MR) is 112 cm³/mol. The van der Waals surface area contributed by atoms with Crippen LogP contribution in [0.4, 0.5) is 0 Å². The average molecular weight is 409 g/mol. The van der Waals surface area contributed by atoms with Gasteiger partial charge in [-0.3, -0.25) is 14.7 Å². The molecule has 2 aromatic heterocycles. The van der Waals surface area contributed by atoms with Gasteiger partial charge in [0.2, 0.25) is 0 Å². The molecule has 3 aromatic rings. The number of rotatable bonds is 6. The molecule has 0 aliphatic carbocycles. The summed E-state index contributed by atoms with van der Waals surface area (Å²) in [7, 11) is 0. The molecule has 0 N–H and O–H groups in total. The molecule has 1 aliphatic heterocycles. The quantitative estimate of drug-likeness (QED) is 0.437. The van der Waals surface area contributed by atoms with Crippen molar-refractivity contribution in [3.63, 3.8) is 0 Å². The zero-order valence-electron chi connectivity index (χ0n) is 14.8. The maximum absolute atomic E-state index is 12.8. The minimum absolute atomic E-state index is 0.133. The number of thiocarbonyl (C=S) groups is 1. The largest absolute Gasteiger partial charge is 0.487 e. The van der Waals surface area contributed by atoms with E-state index in [-0.39, 0.29) is 5.91 Å². The number of pyridine rings is 1. The van der Waals surface area contributed by atoms with E-state index in [0.717, 1.165) is 11.3 Å². The van der Waals surface area contributed by atoms with Gasteiger partial charge in [-0.25, -0.2) is 0 Å². The molecule has 1 aromatic carbocycles. The Morgan fingerprint density at radius 3 is 2.79 bits per heavy atom. The van der Waals surface area contributed by atoms with Crippen molar-refractivity contribution in [2.45, 2.75) is 13.2 Å². The van der Waals surface area contributed by atoms with E-state index in [9.17, 15) is 4.79 Å². The number of carbonyl (C=O) groups is 1. The number of amides is 1. The second-order valence-electron chi connectivity index (χ2n) is 5.99. The highest BCUT2D eigenvalue weighted by Gasteiger charge is 2.32. The molecular weight excluding hydrogens is 392 g/mol. The van der Waals surface area contributed by atoms with Gasteiger partial charge in [-0.15, -0.1) is 0 Å². The molecule has 0 radical (unpaired) electrons. The van der Waals surface area contributed by atoms with Gasteiger partial charge in [0, 0.05) is 11.8 Å². The fourth-order valence-corrected chi connectivity index (χ4v) is 3.95. The first-order valence-electron chi connectivity index (χ1n) is 8.60. The molecule has 0 atom stereocenters. The second-order valence-corrected chi connectivity index (χ2v) is 7.67. The molecule has 7 heteroatoms. The number of aromatic nitrogens is 1. The lowest BCUT2D eigenvalue weighted by Gasteiger charge is -2.12. The van der Waals surface area contributed by atoms with Crippen LogP contribution >= 0.6 is 24.0 Å².